The van der Waals surface area contributed by atoms with E-state index in [0.29, 0.717) is 11.4 Å². The second-order valence-corrected chi connectivity index (χ2v) is 6.03. The van der Waals surface area contributed by atoms with Crippen molar-refractivity contribution in [2.75, 3.05) is 5.32 Å². The molecule has 0 saturated carbocycles. The van der Waals surface area contributed by atoms with E-state index >= 15 is 0 Å². The lowest BCUT2D eigenvalue weighted by molar-refractivity contribution is -0.384. The van der Waals surface area contributed by atoms with Gasteiger partial charge in [-0.15, -0.1) is 11.3 Å². The van der Waals surface area contributed by atoms with Crippen LogP contribution in [-0.2, 0) is 11.2 Å². The van der Waals surface area contributed by atoms with Crippen LogP contribution in [0.3, 0.4) is 0 Å². The normalized spacial score (nSPS) is 10.5. The lowest BCUT2D eigenvalue weighted by Crippen LogP contribution is -2.15. The summed E-state index contributed by atoms with van der Waals surface area (Å²) in [6, 6.07) is 4.12. The van der Waals surface area contributed by atoms with Crippen LogP contribution in [-0.4, -0.2) is 31.3 Å². The van der Waals surface area contributed by atoms with E-state index in [4.69, 9.17) is 5.73 Å². The molecule has 0 aliphatic rings. The largest absolute Gasteiger partial charge is 0.369 e. The fraction of sp³-hybridized carbons (Fsp3) is 0.0667. The predicted molar refractivity (Wildman–Crippen MR) is 93.2 cm³/mol. The van der Waals surface area contributed by atoms with E-state index in [1.54, 1.807) is 11.6 Å². The van der Waals surface area contributed by atoms with Gasteiger partial charge in [0.05, 0.1) is 23.4 Å². The molecule has 0 bridgehead atoms. The number of nitrogens with one attached hydrogen (secondary N) is 1. The van der Waals surface area contributed by atoms with Crippen LogP contribution in [0.25, 0.3) is 5.69 Å². The quantitative estimate of drug-likeness (QED) is 0.495. The van der Waals surface area contributed by atoms with E-state index < -0.39 is 16.7 Å². The number of hydrogen-bond acceptors (Lipinski definition) is 7. The molecular weight excluding hydrogens is 360 g/mol. The van der Waals surface area contributed by atoms with Gasteiger partial charge in [-0.25, -0.2) is 9.97 Å². The van der Waals surface area contributed by atoms with Gasteiger partial charge >= 0.3 is 0 Å². The number of anilines is 1. The summed E-state index contributed by atoms with van der Waals surface area (Å²) in [7, 11) is 0. The molecule has 26 heavy (non-hydrogen) atoms. The Hall–Kier alpha value is -3.60. The van der Waals surface area contributed by atoms with Gasteiger partial charge < -0.3 is 10.3 Å². The van der Waals surface area contributed by atoms with Crippen molar-refractivity contribution in [1.29, 1.82) is 0 Å². The number of thiazole rings is 1. The summed E-state index contributed by atoms with van der Waals surface area (Å²) in [6.07, 6.45) is 4.46. The molecule has 0 aliphatic carbocycles. The summed E-state index contributed by atoms with van der Waals surface area (Å²) < 4.78 is 1.48. The molecule has 3 rings (SSSR count). The first-order valence-corrected chi connectivity index (χ1v) is 8.13. The second-order valence-electron chi connectivity index (χ2n) is 5.17. The average Bonchev–Trinajstić information content (AvgIpc) is 3.25. The number of nitrogens with zero attached hydrogens (tertiary/aromatic N) is 4. The van der Waals surface area contributed by atoms with Crippen molar-refractivity contribution in [3.8, 4) is 5.69 Å². The Bertz CT molecular complexity index is 982. The topological polar surface area (TPSA) is 146 Å². The van der Waals surface area contributed by atoms with Crippen molar-refractivity contribution in [3.05, 3.63) is 63.7 Å². The molecule has 11 heteroatoms. The molecular formula is C15H12N6O4S. The lowest BCUT2D eigenvalue weighted by atomic mass is 10.1. The Morgan fingerprint density at radius 1 is 1.38 bits per heavy atom. The maximum Gasteiger partial charge on any atom is 0.294 e. The fourth-order valence-corrected chi connectivity index (χ4v) is 2.93. The summed E-state index contributed by atoms with van der Waals surface area (Å²) in [4.78, 5) is 41.9. The molecule has 2 aromatic heterocycles. The van der Waals surface area contributed by atoms with Crippen molar-refractivity contribution in [3.63, 3.8) is 0 Å². The number of primary amides is 1. The maximum atomic E-state index is 12.3. The molecule has 0 aliphatic heterocycles. The molecule has 0 spiro atoms. The van der Waals surface area contributed by atoms with E-state index in [2.05, 4.69) is 15.3 Å². The third kappa shape index (κ3) is 3.72. The van der Waals surface area contributed by atoms with E-state index in [-0.39, 0.29) is 22.8 Å². The van der Waals surface area contributed by atoms with Crippen LogP contribution in [0.5, 0.6) is 0 Å². The van der Waals surface area contributed by atoms with Gasteiger partial charge in [0, 0.05) is 29.4 Å². The van der Waals surface area contributed by atoms with Crippen molar-refractivity contribution >= 4 is 34.0 Å². The molecule has 1 aromatic carbocycles. The number of rotatable bonds is 6. The van der Waals surface area contributed by atoms with E-state index in [9.17, 15) is 19.7 Å². The Morgan fingerprint density at radius 3 is 2.85 bits per heavy atom. The van der Waals surface area contributed by atoms with Gasteiger partial charge in [-0.05, 0) is 12.1 Å². The second kappa shape index (κ2) is 7.11. The van der Waals surface area contributed by atoms with E-state index in [1.807, 2.05) is 0 Å². The van der Waals surface area contributed by atoms with Crippen LogP contribution >= 0.6 is 11.3 Å². The number of amides is 2. The summed E-state index contributed by atoms with van der Waals surface area (Å²) in [5, 5.41) is 15.8. The number of nitro benzene ring substituents is 1. The number of carbonyl (C=O) groups is 2. The first-order chi connectivity index (χ1) is 12.4. The number of aromatic nitrogens is 3. The van der Waals surface area contributed by atoms with Crippen molar-refractivity contribution in [2.24, 2.45) is 5.73 Å². The number of imidazole rings is 1. The Morgan fingerprint density at radius 2 is 2.19 bits per heavy atom. The zero-order chi connectivity index (χ0) is 18.7. The molecule has 10 nitrogen and oxygen atoms in total. The molecule has 0 saturated heterocycles. The molecule has 2 heterocycles. The van der Waals surface area contributed by atoms with Gasteiger partial charge in [0.15, 0.2) is 5.13 Å². The number of nitro groups is 1. The van der Waals surface area contributed by atoms with Gasteiger partial charge in [0.1, 0.15) is 5.69 Å². The third-order valence-corrected chi connectivity index (χ3v) is 4.15. The van der Waals surface area contributed by atoms with Gasteiger partial charge in [-0.1, -0.05) is 0 Å². The van der Waals surface area contributed by atoms with Gasteiger partial charge in [-0.2, -0.15) is 0 Å². The predicted octanol–water partition coefficient (Wildman–Crippen LogP) is 1.52. The zero-order valence-corrected chi connectivity index (χ0v) is 14.0. The molecule has 0 fully saturated rings. The Balaban J connectivity index is 1.83. The molecule has 132 valence electrons. The number of benzene rings is 1. The van der Waals surface area contributed by atoms with Crippen LogP contribution < -0.4 is 11.1 Å². The van der Waals surface area contributed by atoms with Crippen molar-refractivity contribution in [2.45, 2.75) is 6.42 Å². The van der Waals surface area contributed by atoms with Crippen molar-refractivity contribution < 1.29 is 14.5 Å². The van der Waals surface area contributed by atoms with Gasteiger partial charge in [0.2, 0.25) is 5.91 Å². The number of hydrogen-bond donors (Lipinski definition) is 2. The van der Waals surface area contributed by atoms with Gasteiger partial charge in [0.25, 0.3) is 11.6 Å². The highest BCUT2D eigenvalue weighted by atomic mass is 32.1. The summed E-state index contributed by atoms with van der Waals surface area (Å²) in [5.74, 6) is -1.08. The molecule has 0 radical (unpaired) electrons. The number of carbonyl (C=O) groups excluding carboxylic acids is 2. The van der Waals surface area contributed by atoms with Crippen LogP contribution in [0.1, 0.15) is 16.1 Å². The standard InChI is InChI=1S/C15H12N6O4S/c16-13(22)6-10-7-26-15(18-10)19-14(23)9-1-2-11(12(5-9)21(24)25)20-4-3-17-8-20/h1-5,7-8H,6H2,(H2,16,22)(H,18,19,23). The van der Waals surface area contributed by atoms with Crippen molar-refractivity contribution in [1.82, 2.24) is 14.5 Å². The minimum atomic E-state index is -0.569. The lowest BCUT2D eigenvalue weighted by Gasteiger charge is -2.06. The average molecular weight is 372 g/mol. The summed E-state index contributed by atoms with van der Waals surface area (Å²) in [5.41, 5.74) is 5.70. The molecule has 0 unspecified atom stereocenters. The third-order valence-electron chi connectivity index (χ3n) is 3.34. The maximum absolute atomic E-state index is 12.3. The fourth-order valence-electron chi connectivity index (χ4n) is 2.22. The minimum absolute atomic E-state index is 0.0303. The number of nitrogens with two attached hydrogens (primary N) is 1. The molecule has 3 aromatic rings. The highest BCUT2D eigenvalue weighted by Crippen LogP contribution is 2.25. The smallest absolute Gasteiger partial charge is 0.294 e. The van der Waals surface area contributed by atoms with E-state index in [1.165, 1.54) is 35.3 Å². The first kappa shape index (κ1) is 17.2. The Labute approximate surface area is 150 Å². The van der Waals surface area contributed by atoms with E-state index in [0.717, 1.165) is 11.3 Å². The Kier molecular flexibility index (Phi) is 4.71. The van der Waals surface area contributed by atoms with Crippen LogP contribution in [0.2, 0.25) is 0 Å². The first-order valence-electron chi connectivity index (χ1n) is 7.25. The molecule has 3 N–H and O–H groups in total. The minimum Gasteiger partial charge on any atom is -0.369 e. The SMILES string of the molecule is NC(=O)Cc1csc(NC(=O)c2ccc(-n3ccnc3)c([N+](=O)[O-])c2)n1. The highest BCUT2D eigenvalue weighted by Gasteiger charge is 2.19. The summed E-state index contributed by atoms with van der Waals surface area (Å²) in [6.45, 7) is 0. The monoisotopic (exact) mass is 372 g/mol. The van der Waals surface area contributed by atoms with Crippen LogP contribution in [0.15, 0.2) is 42.3 Å². The van der Waals surface area contributed by atoms with Gasteiger partial charge in [-0.3, -0.25) is 25.0 Å². The molecule has 2 amide bonds. The van der Waals surface area contributed by atoms with Crippen LogP contribution in [0, 0.1) is 10.1 Å². The highest BCUT2D eigenvalue weighted by molar-refractivity contribution is 7.14. The molecule has 0 atom stereocenters. The zero-order valence-electron chi connectivity index (χ0n) is 13.2. The summed E-state index contributed by atoms with van der Waals surface area (Å²) >= 11 is 1.13. The van der Waals surface area contributed by atoms with Crippen LogP contribution in [0.4, 0.5) is 10.8 Å².